The smallest absolute Gasteiger partial charge is 0.228 e. The molecule has 0 N–H and O–H groups in total. The van der Waals surface area contributed by atoms with Gasteiger partial charge in [0.1, 0.15) is 0 Å². The van der Waals surface area contributed by atoms with Crippen LogP contribution in [0, 0.1) is 0 Å². The van der Waals surface area contributed by atoms with Crippen LogP contribution in [0.1, 0.15) is 38.1 Å². The molecule has 4 heterocycles. The quantitative estimate of drug-likeness (QED) is 0.634. The van der Waals surface area contributed by atoms with Crippen LogP contribution in [0.4, 0.5) is 0 Å². The minimum Gasteiger partial charge on any atom is -0.340 e. The number of likely N-dealkylation sites (tertiary alicyclic amines) is 1. The maximum absolute atomic E-state index is 13.2. The number of carbonyl (C=O) groups excluding carboxylic acids is 1. The van der Waals surface area contributed by atoms with Gasteiger partial charge >= 0.3 is 0 Å². The van der Waals surface area contributed by atoms with E-state index >= 15 is 0 Å². The number of piperidine rings is 1. The summed E-state index contributed by atoms with van der Waals surface area (Å²) in [5.74, 6) is 0.161. The van der Waals surface area contributed by atoms with Crippen molar-refractivity contribution in [3.05, 3.63) is 72.4 Å². The van der Waals surface area contributed by atoms with E-state index < -0.39 is 0 Å². The lowest BCUT2D eigenvalue weighted by Gasteiger charge is -2.50. The highest BCUT2D eigenvalue weighted by Crippen LogP contribution is 2.39. The first kappa shape index (κ1) is 20.9. The molecule has 1 fully saturated rings. The molecule has 2 aliphatic rings. The lowest BCUT2D eigenvalue weighted by atomic mass is 9.85. The first-order chi connectivity index (χ1) is 15.6. The summed E-state index contributed by atoms with van der Waals surface area (Å²) >= 11 is 0. The van der Waals surface area contributed by atoms with Gasteiger partial charge in [-0.25, -0.2) is 4.98 Å². The standard InChI is InChI=1S/C26H31N5O/c1-20(2)30-16-23-25(21-9-4-3-5-10-21)28-19-31(23)26(18-30)12-8-14-29(17-26)24(32)15-22-11-6-7-13-27-22/h3-7,9-11,13,19-20H,8,12,14-18H2,1-2H3/t26-/m1/s1. The highest BCUT2D eigenvalue weighted by molar-refractivity contribution is 5.78. The van der Waals surface area contributed by atoms with Crippen LogP contribution < -0.4 is 0 Å². The van der Waals surface area contributed by atoms with Crippen LogP contribution in [0.15, 0.2) is 61.1 Å². The van der Waals surface area contributed by atoms with Crippen LogP contribution in [0.3, 0.4) is 0 Å². The molecule has 2 aliphatic heterocycles. The van der Waals surface area contributed by atoms with E-state index in [4.69, 9.17) is 4.98 Å². The van der Waals surface area contributed by atoms with Crippen molar-refractivity contribution in [3.63, 3.8) is 0 Å². The van der Waals surface area contributed by atoms with E-state index in [0.717, 1.165) is 56.0 Å². The SMILES string of the molecule is CC(C)N1Cc2c(-c3ccccc3)ncn2[C@@]2(CCCN(C(=O)Cc3ccccn3)C2)C1. The molecule has 166 valence electrons. The molecule has 1 atom stereocenters. The number of benzene rings is 1. The van der Waals surface area contributed by atoms with Gasteiger partial charge in [-0.3, -0.25) is 14.7 Å². The molecule has 0 unspecified atom stereocenters. The molecule has 1 aromatic carbocycles. The van der Waals surface area contributed by atoms with Crippen molar-refractivity contribution in [1.82, 2.24) is 24.3 Å². The van der Waals surface area contributed by atoms with E-state index in [9.17, 15) is 4.79 Å². The van der Waals surface area contributed by atoms with E-state index in [0.29, 0.717) is 12.5 Å². The van der Waals surface area contributed by atoms with Crippen molar-refractivity contribution in [2.45, 2.75) is 51.2 Å². The van der Waals surface area contributed by atoms with Crippen molar-refractivity contribution in [1.29, 1.82) is 0 Å². The van der Waals surface area contributed by atoms with Crippen LogP contribution in [-0.2, 0) is 23.3 Å². The minimum atomic E-state index is -0.143. The molecule has 1 spiro atoms. The summed E-state index contributed by atoms with van der Waals surface area (Å²) in [5.41, 5.74) is 4.17. The Hall–Kier alpha value is -2.99. The number of aromatic nitrogens is 3. The number of hydrogen-bond acceptors (Lipinski definition) is 4. The summed E-state index contributed by atoms with van der Waals surface area (Å²) in [6, 6.07) is 16.6. The Morgan fingerprint density at radius 3 is 2.62 bits per heavy atom. The molecule has 2 aromatic heterocycles. The number of rotatable bonds is 4. The minimum absolute atomic E-state index is 0.143. The van der Waals surface area contributed by atoms with Gasteiger partial charge in [-0.05, 0) is 38.8 Å². The maximum Gasteiger partial charge on any atom is 0.228 e. The molecule has 5 rings (SSSR count). The zero-order chi connectivity index (χ0) is 22.1. The molecule has 32 heavy (non-hydrogen) atoms. The highest BCUT2D eigenvalue weighted by Gasteiger charge is 2.45. The Bertz CT molecular complexity index is 1080. The summed E-state index contributed by atoms with van der Waals surface area (Å²) in [5, 5.41) is 0. The molecule has 0 radical (unpaired) electrons. The third-order valence-electron chi connectivity index (χ3n) is 6.97. The number of hydrogen-bond donors (Lipinski definition) is 0. The second kappa shape index (κ2) is 8.51. The number of amides is 1. The van der Waals surface area contributed by atoms with Crippen molar-refractivity contribution < 1.29 is 4.79 Å². The van der Waals surface area contributed by atoms with Gasteiger partial charge in [-0.15, -0.1) is 0 Å². The topological polar surface area (TPSA) is 54.3 Å². The summed E-state index contributed by atoms with van der Waals surface area (Å²) in [7, 11) is 0. The van der Waals surface area contributed by atoms with Crippen molar-refractivity contribution in [2.75, 3.05) is 19.6 Å². The summed E-state index contributed by atoms with van der Waals surface area (Å²) in [6.45, 7) is 7.87. The Morgan fingerprint density at radius 2 is 1.88 bits per heavy atom. The fraction of sp³-hybridized carbons (Fsp3) is 0.423. The van der Waals surface area contributed by atoms with Gasteiger partial charge in [0.05, 0.1) is 29.7 Å². The van der Waals surface area contributed by atoms with Crippen LogP contribution in [0.2, 0.25) is 0 Å². The number of imidazole rings is 1. The van der Waals surface area contributed by atoms with Gasteiger partial charge in [0.2, 0.25) is 5.91 Å². The molecule has 3 aromatic rings. The largest absolute Gasteiger partial charge is 0.340 e. The van der Waals surface area contributed by atoms with Gasteiger partial charge in [0.25, 0.3) is 0 Å². The predicted molar refractivity (Wildman–Crippen MR) is 125 cm³/mol. The first-order valence-corrected chi connectivity index (χ1v) is 11.6. The van der Waals surface area contributed by atoms with Crippen LogP contribution in [-0.4, -0.2) is 55.9 Å². The van der Waals surface area contributed by atoms with E-state index in [1.54, 1.807) is 6.20 Å². The summed E-state index contributed by atoms with van der Waals surface area (Å²) in [6.07, 6.45) is 6.18. The molecule has 6 nitrogen and oxygen atoms in total. The summed E-state index contributed by atoms with van der Waals surface area (Å²) in [4.78, 5) is 27.0. The highest BCUT2D eigenvalue weighted by atomic mass is 16.2. The van der Waals surface area contributed by atoms with Crippen LogP contribution in [0.5, 0.6) is 0 Å². The van der Waals surface area contributed by atoms with Crippen molar-refractivity contribution in [2.24, 2.45) is 0 Å². The molecule has 0 saturated carbocycles. The molecular formula is C26H31N5O. The second-order valence-electron chi connectivity index (χ2n) is 9.42. The Morgan fingerprint density at radius 1 is 1.06 bits per heavy atom. The molecule has 6 heteroatoms. The van der Waals surface area contributed by atoms with E-state index in [2.05, 4.69) is 52.6 Å². The zero-order valence-electron chi connectivity index (χ0n) is 18.9. The van der Waals surface area contributed by atoms with E-state index in [1.165, 1.54) is 5.69 Å². The predicted octanol–water partition coefficient (Wildman–Crippen LogP) is 3.73. The van der Waals surface area contributed by atoms with E-state index in [1.807, 2.05) is 35.5 Å². The van der Waals surface area contributed by atoms with Crippen LogP contribution >= 0.6 is 0 Å². The average molecular weight is 430 g/mol. The third-order valence-corrected chi connectivity index (χ3v) is 6.97. The molecule has 1 saturated heterocycles. The molecule has 1 amide bonds. The average Bonchev–Trinajstić information content (AvgIpc) is 3.25. The lowest BCUT2D eigenvalue weighted by molar-refractivity contribution is -0.134. The molecule has 0 aliphatic carbocycles. The number of carbonyl (C=O) groups is 1. The van der Waals surface area contributed by atoms with Crippen molar-refractivity contribution >= 4 is 5.91 Å². The van der Waals surface area contributed by atoms with Gasteiger partial charge in [-0.1, -0.05) is 36.4 Å². The maximum atomic E-state index is 13.2. The normalized spacial score (nSPS) is 21.2. The molecule has 0 bridgehead atoms. The Balaban J connectivity index is 1.48. The van der Waals surface area contributed by atoms with E-state index in [-0.39, 0.29) is 11.4 Å². The van der Waals surface area contributed by atoms with Gasteiger partial charge in [0.15, 0.2) is 0 Å². The zero-order valence-corrected chi connectivity index (χ0v) is 18.9. The fourth-order valence-corrected chi connectivity index (χ4v) is 5.26. The Kier molecular flexibility index (Phi) is 5.55. The lowest BCUT2D eigenvalue weighted by Crippen LogP contribution is -2.60. The second-order valence-corrected chi connectivity index (χ2v) is 9.42. The number of fused-ring (bicyclic) bond motifs is 2. The fourth-order valence-electron chi connectivity index (χ4n) is 5.26. The van der Waals surface area contributed by atoms with Gasteiger partial charge < -0.3 is 9.47 Å². The van der Waals surface area contributed by atoms with Gasteiger partial charge in [0, 0.05) is 49.7 Å². The summed E-state index contributed by atoms with van der Waals surface area (Å²) < 4.78 is 2.40. The third kappa shape index (κ3) is 3.84. The van der Waals surface area contributed by atoms with Crippen LogP contribution in [0.25, 0.3) is 11.3 Å². The first-order valence-electron chi connectivity index (χ1n) is 11.6. The van der Waals surface area contributed by atoms with Gasteiger partial charge in [-0.2, -0.15) is 0 Å². The Labute approximate surface area is 189 Å². The number of pyridine rings is 1. The monoisotopic (exact) mass is 429 g/mol. The number of nitrogens with zero attached hydrogens (tertiary/aromatic N) is 5. The molecular weight excluding hydrogens is 398 g/mol. The van der Waals surface area contributed by atoms with Crippen molar-refractivity contribution in [3.8, 4) is 11.3 Å².